The van der Waals surface area contributed by atoms with Crippen LogP contribution < -0.4 is 0 Å². The molecule has 0 saturated heterocycles. The Bertz CT molecular complexity index is 1030. The molecular weight excluding hydrogens is 352 g/mol. The average molecular weight is 370 g/mol. The summed E-state index contributed by atoms with van der Waals surface area (Å²) in [4.78, 5) is 24.1. The zero-order valence-corrected chi connectivity index (χ0v) is 15.5. The van der Waals surface area contributed by atoms with Crippen molar-refractivity contribution in [2.24, 2.45) is 0 Å². The molecule has 3 rings (SSSR count). The van der Waals surface area contributed by atoms with Crippen molar-refractivity contribution in [2.45, 2.75) is 24.3 Å². The number of carbonyl (C=O) groups is 2. The minimum Gasteiger partial charge on any atom is -0.478 e. The first-order valence-electron chi connectivity index (χ1n) is 7.98. The lowest BCUT2D eigenvalue weighted by Crippen LogP contribution is -2.29. The maximum atomic E-state index is 12.9. The number of Topliss-reactive ketones (excluding diaryl/α,β-unsaturated/α-hetero) is 1. The second kappa shape index (κ2) is 6.21. The summed E-state index contributed by atoms with van der Waals surface area (Å²) in [5.74, 6) is 0.186. The van der Waals surface area contributed by atoms with Crippen LogP contribution in [0, 0.1) is 0 Å². The van der Waals surface area contributed by atoms with Crippen LogP contribution in [0.5, 0.6) is 0 Å². The van der Waals surface area contributed by atoms with E-state index in [0.29, 0.717) is 28.0 Å². The third-order valence-electron chi connectivity index (χ3n) is 4.21. The lowest BCUT2D eigenvalue weighted by Gasteiger charge is -2.17. The van der Waals surface area contributed by atoms with E-state index in [1.165, 1.54) is 12.1 Å². The molecule has 0 radical (unpaired) electrons. The zero-order chi connectivity index (χ0) is 19.1. The molecule has 5 nitrogen and oxygen atoms in total. The lowest BCUT2D eigenvalue weighted by atomic mass is 9.92. The number of carbonyl (C=O) groups excluding carboxylic acids is 2. The molecule has 2 aromatic carbocycles. The van der Waals surface area contributed by atoms with Crippen LogP contribution in [-0.2, 0) is 19.4 Å². The predicted octanol–water partition coefficient (Wildman–Crippen LogP) is 3.15. The molecule has 0 aliphatic carbocycles. The Labute approximate surface area is 152 Å². The van der Waals surface area contributed by atoms with Gasteiger partial charge in [0.15, 0.2) is 15.4 Å². The minimum absolute atomic E-state index is 0.190. The fourth-order valence-electron chi connectivity index (χ4n) is 2.84. The summed E-state index contributed by atoms with van der Waals surface area (Å²) < 4.78 is 29.2. The highest BCUT2D eigenvalue weighted by Gasteiger charge is 2.42. The summed E-state index contributed by atoms with van der Waals surface area (Å²) in [5.41, 5.74) is 0.984. The standard InChI is InChI=1S/C20H18O5S/c1-20(2)19(22)17(15-6-4-5-13(11-15)12-21)18(25-20)14-7-9-16(10-8-14)26(3,23)24/h4-12H,1-3H3. The fourth-order valence-corrected chi connectivity index (χ4v) is 3.47. The van der Waals surface area contributed by atoms with Crippen molar-refractivity contribution < 1.29 is 22.7 Å². The van der Waals surface area contributed by atoms with Crippen LogP contribution in [0.25, 0.3) is 11.3 Å². The molecule has 0 amide bonds. The second-order valence-electron chi connectivity index (χ2n) is 6.69. The summed E-state index contributed by atoms with van der Waals surface area (Å²) in [6, 6.07) is 12.9. The van der Waals surface area contributed by atoms with E-state index in [1.807, 2.05) is 0 Å². The minimum atomic E-state index is -3.31. The van der Waals surface area contributed by atoms with E-state index in [-0.39, 0.29) is 10.7 Å². The summed E-state index contributed by atoms with van der Waals surface area (Å²) >= 11 is 0. The van der Waals surface area contributed by atoms with Gasteiger partial charge in [-0.05, 0) is 49.7 Å². The summed E-state index contributed by atoms with van der Waals surface area (Å²) in [5, 5.41) is 0. The third-order valence-corrected chi connectivity index (χ3v) is 5.34. The molecule has 0 unspecified atom stereocenters. The number of ketones is 1. The van der Waals surface area contributed by atoms with Gasteiger partial charge in [-0.2, -0.15) is 0 Å². The van der Waals surface area contributed by atoms with Gasteiger partial charge in [0.05, 0.1) is 10.5 Å². The summed E-state index contributed by atoms with van der Waals surface area (Å²) in [6.07, 6.45) is 1.85. The first-order chi connectivity index (χ1) is 12.1. The predicted molar refractivity (Wildman–Crippen MR) is 98.4 cm³/mol. The molecule has 2 aromatic rings. The van der Waals surface area contributed by atoms with Crippen molar-refractivity contribution >= 4 is 33.2 Å². The molecule has 0 spiro atoms. The van der Waals surface area contributed by atoms with Gasteiger partial charge < -0.3 is 4.74 Å². The maximum Gasteiger partial charge on any atom is 0.210 e. The van der Waals surface area contributed by atoms with E-state index in [4.69, 9.17) is 4.74 Å². The Morgan fingerprint density at radius 1 is 1.00 bits per heavy atom. The zero-order valence-electron chi connectivity index (χ0n) is 14.6. The van der Waals surface area contributed by atoms with Crippen molar-refractivity contribution in [1.29, 1.82) is 0 Å². The van der Waals surface area contributed by atoms with Gasteiger partial charge >= 0.3 is 0 Å². The fraction of sp³-hybridized carbons (Fsp3) is 0.200. The van der Waals surface area contributed by atoms with E-state index >= 15 is 0 Å². The topological polar surface area (TPSA) is 77.5 Å². The Morgan fingerprint density at radius 3 is 2.23 bits per heavy atom. The SMILES string of the molecule is CC1(C)OC(c2ccc(S(C)(=O)=O)cc2)=C(c2cccc(C=O)c2)C1=O. The smallest absolute Gasteiger partial charge is 0.210 e. The Kier molecular flexibility index (Phi) is 4.32. The van der Waals surface area contributed by atoms with Gasteiger partial charge in [-0.1, -0.05) is 18.2 Å². The second-order valence-corrected chi connectivity index (χ2v) is 8.70. The summed E-state index contributed by atoms with van der Waals surface area (Å²) in [7, 11) is -3.31. The van der Waals surface area contributed by atoms with Crippen molar-refractivity contribution in [2.75, 3.05) is 6.26 Å². The van der Waals surface area contributed by atoms with Crippen molar-refractivity contribution in [3.05, 3.63) is 65.2 Å². The van der Waals surface area contributed by atoms with E-state index in [9.17, 15) is 18.0 Å². The molecule has 26 heavy (non-hydrogen) atoms. The van der Waals surface area contributed by atoms with Crippen LogP contribution in [0.15, 0.2) is 53.4 Å². The molecule has 134 valence electrons. The number of rotatable bonds is 4. The van der Waals surface area contributed by atoms with E-state index < -0.39 is 15.4 Å². The Balaban J connectivity index is 2.18. The molecule has 6 heteroatoms. The van der Waals surface area contributed by atoms with E-state index in [2.05, 4.69) is 0 Å². The van der Waals surface area contributed by atoms with Crippen LogP contribution >= 0.6 is 0 Å². The van der Waals surface area contributed by atoms with Gasteiger partial charge in [0.2, 0.25) is 5.78 Å². The highest BCUT2D eigenvalue weighted by molar-refractivity contribution is 7.90. The lowest BCUT2D eigenvalue weighted by molar-refractivity contribution is -0.125. The number of sulfone groups is 1. The molecule has 0 aromatic heterocycles. The number of aldehydes is 1. The first-order valence-corrected chi connectivity index (χ1v) is 9.87. The van der Waals surface area contributed by atoms with Crippen LogP contribution in [-0.4, -0.2) is 32.3 Å². The third kappa shape index (κ3) is 3.20. The molecule has 0 fully saturated rings. The van der Waals surface area contributed by atoms with Crippen LogP contribution in [0.4, 0.5) is 0 Å². The number of hydrogen-bond acceptors (Lipinski definition) is 5. The maximum absolute atomic E-state index is 12.9. The Morgan fingerprint density at radius 2 is 1.65 bits per heavy atom. The van der Waals surface area contributed by atoms with Crippen molar-refractivity contribution in [1.82, 2.24) is 0 Å². The normalized spacial score (nSPS) is 16.5. The summed E-state index contributed by atoms with van der Waals surface area (Å²) in [6.45, 7) is 3.35. The van der Waals surface area contributed by atoms with E-state index in [0.717, 1.165) is 12.5 Å². The molecule has 0 N–H and O–H groups in total. The number of ether oxygens (including phenoxy) is 1. The van der Waals surface area contributed by atoms with Gasteiger partial charge in [0.1, 0.15) is 12.0 Å². The van der Waals surface area contributed by atoms with Gasteiger partial charge in [-0.15, -0.1) is 0 Å². The average Bonchev–Trinajstić information content (AvgIpc) is 2.84. The van der Waals surface area contributed by atoms with Gasteiger partial charge in [0.25, 0.3) is 0 Å². The molecule has 0 bridgehead atoms. The largest absolute Gasteiger partial charge is 0.478 e. The first kappa shape index (κ1) is 18.1. The van der Waals surface area contributed by atoms with E-state index in [1.54, 1.807) is 50.2 Å². The monoisotopic (exact) mass is 370 g/mol. The Hall–Kier alpha value is -2.73. The molecular formula is C20H18O5S. The molecule has 1 aliphatic heterocycles. The molecule has 1 aliphatic rings. The van der Waals surface area contributed by atoms with Crippen molar-refractivity contribution in [3.63, 3.8) is 0 Å². The van der Waals surface area contributed by atoms with Crippen LogP contribution in [0.2, 0.25) is 0 Å². The molecule has 1 heterocycles. The van der Waals surface area contributed by atoms with Crippen LogP contribution in [0.1, 0.15) is 35.3 Å². The highest BCUT2D eigenvalue weighted by atomic mass is 32.2. The van der Waals surface area contributed by atoms with Gasteiger partial charge in [0, 0.05) is 17.4 Å². The highest BCUT2D eigenvalue weighted by Crippen LogP contribution is 2.41. The van der Waals surface area contributed by atoms with Gasteiger partial charge in [-0.25, -0.2) is 8.42 Å². The quantitative estimate of drug-likeness (QED) is 0.773. The van der Waals surface area contributed by atoms with Crippen molar-refractivity contribution in [3.8, 4) is 0 Å². The number of benzene rings is 2. The molecule has 0 saturated carbocycles. The van der Waals surface area contributed by atoms with Crippen LogP contribution in [0.3, 0.4) is 0 Å². The van der Waals surface area contributed by atoms with Gasteiger partial charge in [-0.3, -0.25) is 9.59 Å². The molecule has 0 atom stereocenters. The number of hydrogen-bond donors (Lipinski definition) is 0.